The molecule has 1 aromatic heterocycles. The number of hydrogen-bond donors (Lipinski definition) is 1. The third-order valence-corrected chi connectivity index (χ3v) is 5.34. The summed E-state index contributed by atoms with van der Waals surface area (Å²) in [7, 11) is 0. The second kappa shape index (κ2) is 6.93. The zero-order valence-corrected chi connectivity index (χ0v) is 13.7. The van der Waals surface area contributed by atoms with Crippen molar-refractivity contribution in [2.24, 2.45) is 10.9 Å². The Bertz CT molecular complexity index is 576. The molecule has 2 unspecified atom stereocenters. The average molecular weight is 310 g/mol. The molecule has 0 radical (unpaired) electrons. The Morgan fingerprint density at radius 3 is 2.78 bits per heavy atom. The summed E-state index contributed by atoms with van der Waals surface area (Å²) in [6, 6.07) is 7.23. The van der Waals surface area contributed by atoms with Gasteiger partial charge >= 0.3 is 0 Å². The maximum atomic E-state index is 4.83. The lowest BCUT2D eigenvalue weighted by atomic mass is 9.88. The van der Waals surface area contributed by atoms with E-state index in [2.05, 4.69) is 39.5 Å². The lowest BCUT2D eigenvalue weighted by Crippen LogP contribution is -2.54. The van der Waals surface area contributed by atoms with E-state index in [1.807, 2.05) is 12.3 Å². The molecule has 4 heterocycles. The lowest BCUT2D eigenvalue weighted by molar-refractivity contribution is 0.0818. The highest BCUT2D eigenvalue weighted by molar-refractivity contribution is 5.99. The van der Waals surface area contributed by atoms with Crippen LogP contribution in [0, 0.1) is 5.92 Å². The van der Waals surface area contributed by atoms with Crippen molar-refractivity contribution in [1.29, 1.82) is 0 Å². The highest BCUT2D eigenvalue weighted by Gasteiger charge is 2.36. The molecule has 2 saturated heterocycles. The second-order valence-electron chi connectivity index (χ2n) is 6.94. The number of nitrogens with zero attached hydrogens (tertiary/aromatic N) is 3. The first-order chi connectivity index (χ1) is 11.4. The first-order valence-corrected chi connectivity index (χ1v) is 9.00. The predicted octanol–water partition coefficient (Wildman–Crippen LogP) is 2.60. The zero-order chi connectivity index (χ0) is 15.5. The number of nitrogens with one attached hydrogen (secondary N) is 1. The summed E-state index contributed by atoms with van der Waals surface area (Å²) in [5.74, 6) is 0.773. The lowest BCUT2D eigenvalue weighted by Gasteiger charge is -2.45. The van der Waals surface area contributed by atoms with Crippen molar-refractivity contribution >= 4 is 5.71 Å². The average Bonchev–Trinajstić information content (AvgIpc) is 2.59. The number of piperidine rings is 1. The normalized spacial score (nSPS) is 29.1. The number of dihydropyridines is 1. The summed E-state index contributed by atoms with van der Waals surface area (Å²) in [4.78, 5) is 12.2. The molecule has 4 heteroatoms. The van der Waals surface area contributed by atoms with Crippen LogP contribution in [0.3, 0.4) is 0 Å². The largest absolute Gasteiger partial charge is 0.316 e. The van der Waals surface area contributed by atoms with E-state index >= 15 is 0 Å². The Morgan fingerprint density at radius 2 is 2.09 bits per heavy atom. The molecule has 0 spiro atoms. The van der Waals surface area contributed by atoms with Crippen LogP contribution in [0.2, 0.25) is 0 Å². The molecule has 0 saturated carbocycles. The molecule has 122 valence electrons. The van der Waals surface area contributed by atoms with E-state index in [-0.39, 0.29) is 0 Å². The van der Waals surface area contributed by atoms with Crippen molar-refractivity contribution in [1.82, 2.24) is 15.2 Å². The standard InChI is InChI=1S/C19H26N4/c1-3-10-21-16(6-1)18-8-5-9-19(17-7-2-4-11-22-17)23(18)14-15-12-20-13-15/h1-3,6-7,10,15,18-20H,4-5,8-9,11-14H2. The maximum Gasteiger partial charge on any atom is 0.0575 e. The van der Waals surface area contributed by atoms with Crippen LogP contribution in [0.1, 0.15) is 37.4 Å². The Balaban J connectivity index is 1.61. The molecule has 1 N–H and O–H groups in total. The van der Waals surface area contributed by atoms with Crippen molar-refractivity contribution in [3.05, 3.63) is 42.2 Å². The van der Waals surface area contributed by atoms with E-state index in [1.165, 1.54) is 30.7 Å². The predicted molar refractivity (Wildman–Crippen MR) is 93.7 cm³/mol. The third-order valence-electron chi connectivity index (χ3n) is 5.34. The summed E-state index contributed by atoms with van der Waals surface area (Å²) in [5.41, 5.74) is 2.52. The monoisotopic (exact) mass is 310 g/mol. The van der Waals surface area contributed by atoms with Crippen LogP contribution >= 0.6 is 0 Å². The molecule has 23 heavy (non-hydrogen) atoms. The SMILES string of the molecule is C1=CC(C2CCCC(c3ccccn3)N2CC2CNC2)=NCC1. The number of likely N-dealkylation sites (tertiary alicyclic amines) is 1. The van der Waals surface area contributed by atoms with Gasteiger partial charge in [0.1, 0.15) is 0 Å². The van der Waals surface area contributed by atoms with Gasteiger partial charge in [-0.2, -0.15) is 0 Å². The minimum absolute atomic E-state index is 0.438. The number of aromatic nitrogens is 1. The fraction of sp³-hybridized carbons (Fsp3) is 0.579. The minimum Gasteiger partial charge on any atom is -0.316 e. The Morgan fingerprint density at radius 1 is 1.17 bits per heavy atom. The van der Waals surface area contributed by atoms with E-state index < -0.39 is 0 Å². The van der Waals surface area contributed by atoms with Gasteiger partial charge in [0.25, 0.3) is 0 Å². The van der Waals surface area contributed by atoms with Crippen LogP contribution in [-0.2, 0) is 0 Å². The van der Waals surface area contributed by atoms with Crippen molar-refractivity contribution in [2.45, 2.75) is 37.8 Å². The fourth-order valence-electron chi connectivity index (χ4n) is 4.03. The molecule has 0 bridgehead atoms. The molecule has 1 aromatic rings. The quantitative estimate of drug-likeness (QED) is 0.929. The van der Waals surface area contributed by atoms with Gasteiger partial charge in [-0.3, -0.25) is 14.9 Å². The molecule has 4 rings (SSSR count). The summed E-state index contributed by atoms with van der Waals surface area (Å²) in [6.07, 6.45) is 11.3. The zero-order valence-electron chi connectivity index (χ0n) is 13.7. The van der Waals surface area contributed by atoms with E-state index in [0.717, 1.165) is 38.5 Å². The molecular formula is C19H26N4. The number of pyridine rings is 1. The van der Waals surface area contributed by atoms with E-state index in [1.54, 1.807) is 0 Å². The van der Waals surface area contributed by atoms with E-state index in [0.29, 0.717) is 12.1 Å². The maximum absolute atomic E-state index is 4.83. The van der Waals surface area contributed by atoms with Gasteiger partial charge in [-0.25, -0.2) is 0 Å². The van der Waals surface area contributed by atoms with Crippen molar-refractivity contribution in [3.63, 3.8) is 0 Å². The highest BCUT2D eigenvalue weighted by atomic mass is 15.2. The Hall–Kier alpha value is -1.52. The van der Waals surface area contributed by atoms with Crippen LogP contribution in [0.15, 0.2) is 41.5 Å². The van der Waals surface area contributed by atoms with Gasteiger partial charge < -0.3 is 5.32 Å². The minimum atomic E-state index is 0.438. The van der Waals surface area contributed by atoms with Crippen LogP contribution in [0.25, 0.3) is 0 Å². The Labute approximate surface area is 138 Å². The Kier molecular flexibility index (Phi) is 4.53. The molecule has 2 fully saturated rings. The molecule has 4 nitrogen and oxygen atoms in total. The van der Waals surface area contributed by atoms with Crippen LogP contribution < -0.4 is 5.32 Å². The number of aliphatic imine (C=N–C) groups is 1. The van der Waals surface area contributed by atoms with Crippen molar-refractivity contribution < 1.29 is 0 Å². The number of rotatable bonds is 4. The molecule has 3 aliphatic heterocycles. The van der Waals surface area contributed by atoms with Crippen LogP contribution in [0.4, 0.5) is 0 Å². The summed E-state index contributed by atoms with van der Waals surface area (Å²) in [5, 5.41) is 3.41. The summed E-state index contributed by atoms with van der Waals surface area (Å²) >= 11 is 0. The highest BCUT2D eigenvalue weighted by Crippen LogP contribution is 2.35. The number of hydrogen-bond acceptors (Lipinski definition) is 4. The fourth-order valence-corrected chi connectivity index (χ4v) is 4.03. The van der Waals surface area contributed by atoms with Crippen LogP contribution in [0.5, 0.6) is 0 Å². The molecular weight excluding hydrogens is 284 g/mol. The van der Waals surface area contributed by atoms with Crippen LogP contribution in [-0.4, -0.2) is 47.8 Å². The topological polar surface area (TPSA) is 40.5 Å². The molecule has 0 aromatic carbocycles. The first-order valence-electron chi connectivity index (χ1n) is 9.00. The van der Waals surface area contributed by atoms with Gasteiger partial charge in [0, 0.05) is 32.4 Å². The van der Waals surface area contributed by atoms with Gasteiger partial charge in [0.15, 0.2) is 0 Å². The van der Waals surface area contributed by atoms with Gasteiger partial charge in [-0.05, 0) is 49.8 Å². The van der Waals surface area contributed by atoms with Crippen molar-refractivity contribution in [3.8, 4) is 0 Å². The first kappa shape index (κ1) is 15.0. The summed E-state index contributed by atoms with van der Waals surface area (Å²) < 4.78 is 0. The molecule has 0 aliphatic carbocycles. The van der Waals surface area contributed by atoms with Gasteiger partial charge in [-0.1, -0.05) is 12.1 Å². The molecule has 0 amide bonds. The third kappa shape index (κ3) is 3.24. The van der Waals surface area contributed by atoms with E-state index in [9.17, 15) is 0 Å². The smallest absolute Gasteiger partial charge is 0.0575 e. The van der Waals surface area contributed by atoms with Crippen molar-refractivity contribution in [2.75, 3.05) is 26.2 Å². The summed E-state index contributed by atoms with van der Waals surface area (Å²) in [6.45, 7) is 4.42. The second-order valence-corrected chi connectivity index (χ2v) is 6.94. The molecule has 3 aliphatic rings. The van der Waals surface area contributed by atoms with Gasteiger partial charge in [-0.15, -0.1) is 0 Å². The molecule has 2 atom stereocenters. The van der Waals surface area contributed by atoms with E-state index in [4.69, 9.17) is 4.99 Å². The van der Waals surface area contributed by atoms with Gasteiger partial charge in [0.2, 0.25) is 0 Å². The van der Waals surface area contributed by atoms with Gasteiger partial charge in [0.05, 0.1) is 23.5 Å².